The van der Waals surface area contributed by atoms with Crippen molar-refractivity contribution < 1.29 is 28.6 Å². The summed E-state index contributed by atoms with van der Waals surface area (Å²) in [5, 5.41) is 0. The molecule has 0 spiro atoms. The van der Waals surface area contributed by atoms with E-state index in [1.807, 2.05) is 0 Å². The van der Waals surface area contributed by atoms with Crippen molar-refractivity contribution in [2.75, 3.05) is 13.2 Å². The van der Waals surface area contributed by atoms with E-state index in [1.165, 1.54) is 44.9 Å². The minimum Gasteiger partial charge on any atom is -0.462 e. The third kappa shape index (κ3) is 67.4. The van der Waals surface area contributed by atoms with Crippen LogP contribution in [-0.4, -0.2) is 37.2 Å². The molecular formula is C77H122O6. The molecule has 0 amide bonds. The van der Waals surface area contributed by atoms with Gasteiger partial charge in [-0.1, -0.05) is 274 Å². The van der Waals surface area contributed by atoms with Crippen LogP contribution in [0.3, 0.4) is 0 Å². The van der Waals surface area contributed by atoms with E-state index in [0.29, 0.717) is 19.3 Å². The largest absolute Gasteiger partial charge is 0.462 e. The van der Waals surface area contributed by atoms with Gasteiger partial charge in [0.05, 0.1) is 0 Å². The molecule has 0 saturated carbocycles. The first kappa shape index (κ1) is 77.8. The molecule has 1 unspecified atom stereocenters. The first-order valence-electron chi connectivity index (χ1n) is 33.6. The lowest BCUT2D eigenvalue weighted by Gasteiger charge is -2.18. The van der Waals surface area contributed by atoms with Gasteiger partial charge in [-0.05, 0) is 154 Å². The predicted octanol–water partition coefficient (Wildman–Crippen LogP) is 23.4. The Balaban J connectivity index is 4.47. The number of hydrogen-bond donors (Lipinski definition) is 0. The van der Waals surface area contributed by atoms with Crippen molar-refractivity contribution in [3.8, 4) is 0 Å². The Labute approximate surface area is 511 Å². The smallest absolute Gasteiger partial charge is 0.306 e. The Hall–Kier alpha value is -5.23. The Morgan fingerprint density at radius 3 is 0.735 bits per heavy atom. The fourth-order valence-corrected chi connectivity index (χ4v) is 8.71. The molecule has 0 aromatic rings. The number of rotatable bonds is 59. The van der Waals surface area contributed by atoms with Crippen LogP contribution in [0.15, 0.2) is 170 Å². The van der Waals surface area contributed by atoms with Crippen molar-refractivity contribution in [3.63, 3.8) is 0 Å². The average Bonchev–Trinajstić information content (AvgIpc) is 3.49. The van der Waals surface area contributed by atoms with Crippen molar-refractivity contribution >= 4 is 17.9 Å². The molecule has 0 saturated heterocycles. The summed E-state index contributed by atoms with van der Waals surface area (Å²) in [6.07, 6.45) is 102. The number of ether oxygens (including phenoxy) is 3. The topological polar surface area (TPSA) is 78.9 Å². The Morgan fingerprint density at radius 2 is 0.470 bits per heavy atom. The lowest BCUT2D eigenvalue weighted by Crippen LogP contribution is -2.30. The highest BCUT2D eigenvalue weighted by Crippen LogP contribution is 2.14. The molecule has 0 fully saturated rings. The standard InChI is InChI=1S/C77H122O6/c1-4-7-10-13-16-19-22-25-28-30-32-34-36-37-38-39-41-42-44-46-49-52-55-58-61-64-67-70-76(79)82-73-74(72-81-75(78)69-66-63-60-57-54-51-48-27-24-21-18-15-12-9-6-3)83-77(80)71-68-65-62-59-56-53-50-47-45-43-40-35-33-31-29-26-23-20-17-14-11-8-5-2/h7-8,10-11,16-21,25-29,32-35,37-38,41-43,45-46,48-49,74H,4-6,9,12-15,22-24,30-31,36,39-40,44,47,50-73H2,1-3H3/b10-7-,11-8-,19-16-,20-17-,21-18-,28-25-,29-26-,34-32-,35-33-,38-37-,42-41-,45-43-,48-27-,49-46-. The lowest BCUT2D eigenvalue weighted by molar-refractivity contribution is -0.167. The van der Waals surface area contributed by atoms with Crippen LogP contribution in [0.2, 0.25) is 0 Å². The van der Waals surface area contributed by atoms with Crippen LogP contribution in [0.5, 0.6) is 0 Å². The maximum Gasteiger partial charge on any atom is 0.306 e. The summed E-state index contributed by atoms with van der Waals surface area (Å²) in [5.41, 5.74) is 0. The first-order valence-corrected chi connectivity index (χ1v) is 33.6. The summed E-state index contributed by atoms with van der Waals surface area (Å²) in [6.45, 7) is 6.35. The van der Waals surface area contributed by atoms with Crippen LogP contribution in [0.4, 0.5) is 0 Å². The number of carbonyl (C=O) groups excluding carboxylic acids is 3. The van der Waals surface area contributed by atoms with E-state index in [0.717, 1.165) is 193 Å². The van der Waals surface area contributed by atoms with Gasteiger partial charge in [-0.15, -0.1) is 0 Å². The molecule has 0 aromatic carbocycles. The number of unbranched alkanes of at least 4 members (excludes halogenated alkanes) is 20. The molecular weight excluding hydrogens is 1020 g/mol. The van der Waals surface area contributed by atoms with Gasteiger partial charge in [-0.25, -0.2) is 0 Å². The van der Waals surface area contributed by atoms with Crippen molar-refractivity contribution in [1.82, 2.24) is 0 Å². The predicted molar refractivity (Wildman–Crippen MR) is 361 cm³/mol. The highest BCUT2D eigenvalue weighted by molar-refractivity contribution is 5.71. The summed E-state index contributed by atoms with van der Waals surface area (Å²) in [6, 6.07) is 0. The van der Waals surface area contributed by atoms with Crippen LogP contribution in [-0.2, 0) is 28.6 Å². The number of hydrogen-bond acceptors (Lipinski definition) is 6. The van der Waals surface area contributed by atoms with Crippen LogP contribution in [0, 0.1) is 0 Å². The third-order valence-corrected chi connectivity index (χ3v) is 13.7. The summed E-state index contributed by atoms with van der Waals surface area (Å²) >= 11 is 0. The highest BCUT2D eigenvalue weighted by atomic mass is 16.6. The molecule has 0 radical (unpaired) electrons. The molecule has 0 N–H and O–H groups in total. The molecule has 0 heterocycles. The van der Waals surface area contributed by atoms with E-state index in [4.69, 9.17) is 14.2 Å². The molecule has 1 atom stereocenters. The number of allylic oxidation sites excluding steroid dienone is 28. The molecule has 0 aliphatic rings. The molecule has 0 bridgehead atoms. The minimum absolute atomic E-state index is 0.104. The van der Waals surface area contributed by atoms with Crippen molar-refractivity contribution in [2.45, 2.75) is 284 Å². The van der Waals surface area contributed by atoms with Gasteiger partial charge in [0.1, 0.15) is 13.2 Å². The van der Waals surface area contributed by atoms with E-state index in [-0.39, 0.29) is 31.1 Å². The van der Waals surface area contributed by atoms with Crippen molar-refractivity contribution in [3.05, 3.63) is 170 Å². The monoisotopic (exact) mass is 1140 g/mol. The minimum atomic E-state index is -0.810. The fraction of sp³-hybridized carbons (Fsp3) is 0.597. The van der Waals surface area contributed by atoms with Gasteiger partial charge >= 0.3 is 17.9 Å². The van der Waals surface area contributed by atoms with Crippen LogP contribution < -0.4 is 0 Å². The lowest BCUT2D eigenvalue weighted by atomic mass is 10.1. The molecule has 0 rings (SSSR count). The van der Waals surface area contributed by atoms with Gasteiger partial charge in [0.2, 0.25) is 0 Å². The van der Waals surface area contributed by atoms with Gasteiger partial charge < -0.3 is 14.2 Å². The molecule has 0 aliphatic carbocycles. The second-order valence-electron chi connectivity index (χ2n) is 21.6. The zero-order chi connectivity index (χ0) is 59.9. The second-order valence-corrected chi connectivity index (χ2v) is 21.6. The summed E-state index contributed by atoms with van der Waals surface area (Å²) in [7, 11) is 0. The third-order valence-electron chi connectivity index (χ3n) is 13.7. The number of carbonyl (C=O) groups is 3. The van der Waals surface area contributed by atoms with Gasteiger partial charge in [-0.2, -0.15) is 0 Å². The Bertz CT molecular complexity index is 1890. The SMILES string of the molecule is CC/C=C\C/C=C\C/C=C\C/C=C\C/C=C\C/C=C\C/C=C\CCCCCCCC(=O)OCC(COC(=O)CCCCCCC/C=C\C/C=C\CCCCC)OC(=O)CCCCCCCCC/C=C\C/C=C\C/C=C\C/C=C\C/C=C\CC. The Kier molecular flexibility index (Phi) is 64.9. The van der Waals surface area contributed by atoms with Gasteiger partial charge in [0.25, 0.3) is 0 Å². The summed E-state index contributed by atoms with van der Waals surface area (Å²) in [5.74, 6) is -0.949. The second kappa shape index (κ2) is 69.3. The number of esters is 3. The molecule has 6 nitrogen and oxygen atoms in total. The van der Waals surface area contributed by atoms with Gasteiger partial charge in [0.15, 0.2) is 6.10 Å². The molecule has 0 aromatic heterocycles. The normalized spacial score (nSPS) is 13.2. The first-order chi connectivity index (χ1) is 41.0. The van der Waals surface area contributed by atoms with E-state index in [1.54, 1.807) is 0 Å². The molecule has 6 heteroatoms. The van der Waals surface area contributed by atoms with E-state index in [2.05, 4.69) is 191 Å². The zero-order valence-electron chi connectivity index (χ0n) is 53.4. The van der Waals surface area contributed by atoms with Crippen molar-refractivity contribution in [2.24, 2.45) is 0 Å². The summed E-state index contributed by atoms with van der Waals surface area (Å²) in [4.78, 5) is 38.4. The fourth-order valence-electron chi connectivity index (χ4n) is 8.71. The van der Waals surface area contributed by atoms with Gasteiger partial charge in [-0.3, -0.25) is 14.4 Å². The van der Waals surface area contributed by atoms with Crippen LogP contribution in [0.25, 0.3) is 0 Å². The maximum atomic E-state index is 12.9. The highest BCUT2D eigenvalue weighted by Gasteiger charge is 2.19. The average molecular weight is 1140 g/mol. The molecule has 0 aliphatic heterocycles. The van der Waals surface area contributed by atoms with E-state index < -0.39 is 6.10 Å². The van der Waals surface area contributed by atoms with E-state index in [9.17, 15) is 14.4 Å². The molecule has 83 heavy (non-hydrogen) atoms. The van der Waals surface area contributed by atoms with Crippen LogP contribution >= 0.6 is 0 Å². The summed E-state index contributed by atoms with van der Waals surface area (Å²) < 4.78 is 16.9. The quantitative estimate of drug-likeness (QED) is 0.0261. The zero-order valence-corrected chi connectivity index (χ0v) is 53.4. The molecule has 466 valence electrons. The van der Waals surface area contributed by atoms with E-state index >= 15 is 0 Å². The Morgan fingerprint density at radius 1 is 0.253 bits per heavy atom. The van der Waals surface area contributed by atoms with Crippen molar-refractivity contribution in [1.29, 1.82) is 0 Å². The van der Waals surface area contributed by atoms with Gasteiger partial charge in [0, 0.05) is 19.3 Å². The van der Waals surface area contributed by atoms with Crippen LogP contribution in [0.1, 0.15) is 278 Å². The maximum absolute atomic E-state index is 12.9.